The summed E-state index contributed by atoms with van der Waals surface area (Å²) in [5.74, 6) is 0.858. The van der Waals surface area contributed by atoms with E-state index in [0.717, 1.165) is 37.5 Å². The van der Waals surface area contributed by atoms with Gasteiger partial charge in [-0.2, -0.15) is 5.10 Å². The number of carbonyl (C=O) groups excluding carboxylic acids is 1. The minimum absolute atomic E-state index is 0.00597. The molecule has 1 N–H and O–H groups in total. The SMILES string of the molecule is O=C(Cn1cccn1)NC[C@H]1[C@H]2CN(Cc3ccccc3Cl)C[C@]23CC[C@H]1O3. The first kappa shape index (κ1) is 18.2. The van der Waals surface area contributed by atoms with E-state index in [1.54, 1.807) is 17.1 Å². The van der Waals surface area contributed by atoms with E-state index in [4.69, 9.17) is 16.3 Å². The maximum Gasteiger partial charge on any atom is 0.241 e. The lowest BCUT2D eigenvalue weighted by Gasteiger charge is -2.29. The summed E-state index contributed by atoms with van der Waals surface area (Å²) >= 11 is 6.36. The number of aromatic nitrogens is 2. The normalized spacial score (nSPS) is 31.2. The summed E-state index contributed by atoms with van der Waals surface area (Å²) in [7, 11) is 0. The minimum Gasteiger partial charge on any atom is -0.370 e. The predicted molar refractivity (Wildman–Crippen MR) is 106 cm³/mol. The van der Waals surface area contributed by atoms with Crippen LogP contribution in [0.2, 0.25) is 5.02 Å². The van der Waals surface area contributed by atoms with Gasteiger partial charge < -0.3 is 10.1 Å². The van der Waals surface area contributed by atoms with Crippen molar-refractivity contribution in [3.05, 3.63) is 53.3 Å². The molecule has 148 valence electrons. The molecular formula is C21H25ClN4O2. The summed E-state index contributed by atoms with van der Waals surface area (Å²) in [6, 6.07) is 9.88. The van der Waals surface area contributed by atoms with Crippen LogP contribution in [0.1, 0.15) is 18.4 Å². The third-order valence-electron chi connectivity index (χ3n) is 6.61. The van der Waals surface area contributed by atoms with Gasteiger partial charge >= 0.3 is 0 Å². The van der Waals surface area contributed by atoms with Gasteiger partial charge in [-0.1, -0.05) is 29.8 Å². The van der Waals surface area contributed by atoms with Gasteiger partial charge in [0.25, 0.3) is 0 Å². The van der Waals surface area contributed by atoms with Crippen LogP contribution in [0.25, 0.3) is 0 Å². The molecule has 6 nitrogen and oxygen atoms in total. The van der Waals surface area contributed by atoms with Gasteiger partial charge in [-0.15, -0.1) is 0 Å². The fraction of sp³-hybridized carbons (Fsp3) is 0.524. The van der Waals surface area contributed by atoms with Crippen molar-refractivity contribution in [1.82, 2.24) is 20.0 Å². The fourth-order valence-electron chi connectivity index (χ4n) is 5.38. The molecular weight excluding hydrogens is 376 g/mol. The smallest absolute Gasteiger partial charge is 0.241 e. The number of nitrogens with one attached hydrogen (secondary N) is 1. The van der Waals surface area contributed by atoms with E-state index < -0.39 is 0 Å². The summed E-state index contributed by atoms with van der Waals surface area (Å²) in [6.07, 6.45) is 5.98. The summed E-state index contributed by atoms with van der Waals surface area (Å²) in [4.78, 5) is 14.7. The second kappa shape index (κ2) is 7.17. The van der Waals surface area contributed by atoms with Crippen LogP contribution in [0, 0.1) is 11.8 Å². The highest BCUT2D eigenvalue weighted by molar-refractivity contribution is 6.31. The largest absolute Gasteiger partial charge is 0.370 e. The van der Waals surface area contributed by atoms with Crippen LogP contribution in [0.3, 0.4) is 0 Å². The van der Waals surface area contributed by atoms with Crippen LogP contribution in [0.15, 0.2) is 42.7 Å². The number of benzene rings is 1. The maximum atomic E-state index is 12.3. The van der Waals surface area contributed by atoms with Crippen LogP contribution in [0.5, 0.6) is 0 Å². The topological polar surface area (TPSA) is 59.4 Å². The van der Waals surface area contributed by atoms with E-state index in [1.165, 1.54) is 5.56 Å². The zero-order valence-corrected chi connectivity index (χ0v) is 16.5. The van der Waals surface area contributed by atoms with Crippen molar-refractivity contribution in [1.29, 1.82) is 0 Å². The molecule has 5 rings (SSSR count). The molecule has 4 heterocycles. The fourth-order valence-corrected chi connectivity index (χ4v) is 5.57. The number of rotatable bonds is 6. The van der Waals surface area contributed by atoms with E-state index in [1.807, 2.05) is 24.3 Å². The number of halogens is 1. The number of nitrogens with zero attached hydrogens (tertiary/aromatic N) is 3. The molecule has 1 aromatic heterocycles. The van der Waals surface area contributed by atoms with Gasteiger partial charge in [0.1, 0.15) is 6.54 Å². The molecule has 0 unspecified atom stereocenters. The molecule has 0 radical (unpaired) electrons. The highest BCUT2D eigenvalue weighted by Gasteiger charge is 2.62. The van der Waals surface area contributed by atoms with Crippen LogP contribution >= 0.6 is 11.6 Å². The summed E-state index contributed by atoms with van der Waals surface area (Å²) < 4.78 is 8.14. The highest BCUT2D eigenvalue weighted by atomic mass is 35.5. The number of hydrogen-bond donors (Lipinski definition) is 1. The van der Waals surface area contributed by atoms with E-state index >= 15 is 0 Å². The molecule has 1 aromatic carbocycles. The summed E-state index contributed by atoms with van der Waals surface area (Å²) in [6.45, 7) is 3.75. The van der Waals surface area contributed by atoms with Crippen molar-refractivity contribution >= 4 is 17.5 Å². The quantitative estimate of drug-likeness (QED) is 0.808. The minimum atomic E-state index is -0.0384. The monoisotopic (exact) mass is 400 g/mol. The summed E-state index contributed by atoms with van der Waals surface area (Å²) in [5.41, 5.74) is 1.13. The first-order valence-electron chi connectivity index (χ1n) is 10.0. The molecule has 0 aliphatic carbocycles. The van der Waals surface area contributed by atoms with Gasteiger partial charge in [0.2, 0.25) is 5.91 Å². The average Bonchev–Trinajstić information content (AvgIpc) is 3.43. The molecule has 3 fully saturated rings. The van der Waals surface area contributed by atoms with Crippen molar-refractivity contribution < 1.29 is 9.53 Å². The van der Waals surface area contributed by atoms with Crippen LogP contribution in [-0.2, 0) is 22.6 Å². The van der Waals surface area contributed by atoms with Crippen molar-refractivity contribution in [2.24, 2.45) is 11.8 Å². The zero-order chi connectivity index (χ0) is 19.1. The number of hydrogen-bond acceptors (Lipinski definition) is 4. The number of ether oxygens (including phenoxy) is 1. The van der Waals surface area contributed by atoms with Crippen LogP contribution < -0.4 is 5.32 Å². The first-order valence-corrected chi connectivity index (χ1v) is 10.4. The molecule has 2 bridgehead atoms. The third kappa shape index (κ3) is 3.23. The van der Waals surface area contributed by atoms with Crippen molar-refractivity contribution in [2.45, 2.75) is 37.6 Å². The predicted octanol–water partition coefficient (Wildman–Crippen LogP) is 2.33. The molecule has 3 aliphatic heterocycles. The molecule has 3 saturated heterocycles. The molecule has 1 spiro atoms. The lowest BCUT2D eigenvalue weighted by Crippen LogP contribution is -2.42. The van der Waals surface area contributed by atoms with Gasteiger partial charge in [0.05, 0.1) is 11.7 Å². The van der Waals surface area contributed by atoms with Crippen molar-refractivity contribution in [3.63, 3.8) is 0 Å². The van der Waals surface area contributed by atoms with Crippen LogP contribution in [-0.4, -0.2) is 51.9 Å². The molecule has 4 atom stereocenters. The number of fused-ring (bicyclic) bond motifs is 1. The molecule has 28 heavy (non-hydrogen) atoms. The van der Waals surface area contributed by atoms with E-state index in [0.29, 0.717) is 18.4 Å². The number of likely N-dealkylation sites (tertiary alicyclic amines) is 1. The lowest BCUT2D eigenvalue weighted by atomic mass is 9.73. The van der Waals surface area contributed by atoms with Gasteiger partial charge in [-0.25, -0.2) is 0 Å². The number of carbonyl (C=O) groups is 1. The average molecular weight is 401 g/mol. The van der Waals surface area contributed by atoms with Crippen molar-refractivity contribution in [2.75, 3.05) is 19.6 Å². The Hall–Kier alpha value is -1.89. The maximum absolute atomic E-state index is 12.3. The molecule has 7 heteroatoms. The second-order valence-corrected chi connectivity index (χ2v) is 8.71. The van der Waals surface area contributed by atoms with Crippen LogP contribution in [0.4, 0.5) is 0 Å². The lowest BCUT2D eigenvalue weighted by molar-refractivity contribution is -0.122. The van der Waals surface area contributed by atoms with Crippen molar-refractivity contribution in [3.8, 4) is 0 Å². The molecule has 2 aromatic rings. The Morgan fingerprint density at radius 2 is 2.25 bits per heavy atom. The Bertz CT molecular complexity index is 858. The second-order valence-electron chi connectivity index (χ2n) is 8.30. The molecule has 0 saturated carbocycles. The van der Waals surface area contributed by atoms with Gasteiger partial charge in [-0.05, 0) is 30.5 Å². The number of amides is 1. The molecule has 1 amide bonds. The first-order chi connectivity index (χ1) is 13.6. The van der Waals surface area contributed by atoms with Gasteiger partial charge in [-0.3, -0.25) is 14.4 Å². The third-order valence-corrected chi connectivity index (χ3v) is 6.97. The Morgan fingerprint density at radius 3 is 3.07 bits per heavy atom. The Balaban J connectivity index is 1.22. The zero-order valence-electron chi connectivity index (χ0n) is 15.8. The standard InChI is InChI=1S/C21H25ClN4O2/c22-18-5-2-1-4-15(18)11-25-12-17-16(19-6-7-21(17,14-25)28-19)10-23-20(27)13-26-9-3-8-24-26/h1-5,8-9,16-17,19H,6-7,10-14H2,(H,23,27)/t16-,17+,19+,21+/m0/s1. The Morgan fingerprint density at radius 1 is 1.36 bits per heavy atom. The van der Waals surface area contributed by atoms with E-state index in [2.05, 4.69) is 21.4 Å². The summed E-state index contributed by atoms with van der Waals surface area (Å²) in [5, 5.41) is 8.03. The highest BCUT2D eigenvalue weighted by Crippen LogP contribution is 2.54. The van der Waals surface area contributed by atoms with Gasteiger partial charge in [0, 0.05) is 55.4 Å². The Labute approximate surface area is 169 Å². The van der Waals surface area contributed by atoms with E-state index in [9.17, 15) is 4.79 Å². The Kier molecular flexibility index (Phi) is 4.65. The van der Waals surface area contributed by atoms with E-state index in [-0.39, 0.29) is 24.2 Å². The van der Waals surface area contributed by atoms with Gasteiger partial charge in [0.15, 0.2) is 0 Å². The molecule has 3 aliphatic rings.